The van der Waals surface area contributed by atoms with Gasteiger partial charge in [0.05, 0.1) is 0 Å². The average molecular weight is 287 g/mol. The molecule has 2 aliphatic rings. The third kappa shape index (κ3) is 2.93. The molecule has 19 heavy (non-hydrogen) atoms. The number of fused-ring (bicyclic) bond motifs is 1. The summed E-state index contributed by atoms with van der Waals surface area (Å²) in [5, 5.41) is 12.0. The number of rotatable bonds is 2. The second-order valence-corrected chi connectivity index (χ2v) is 5.62. The molecule has 5 nitrogen and oxygen atoms in total. The Morgan fingerprint density at radius 3 is 2.74 bits per heavy atom. The van der Waals surface area contributed by atoms with E-state index in [-0.39, 0.29) is 12.4 Å². The van der Waals surface area contributed by atoms with Crippen molar-refractivity contribution in [2.75, 3.05) is 20.2 Å². The van der Waals surface area contributed by atoms with Crippen LogP contribution in [0.1, 0.15) is 37.3 Å². The Kier molecular flexibility index (Phi) is 4.81. The van der Waals surface area contributed by atoms with Gasteiger partial charge >= 0.3 is 0 Å². The van der Waals surface area contributed by atoms with Gasteiger partial charge in [-0.3, -0.25) is 0 Å². The van der Waals surface area contributed by atoms with E-state index in [1.807, 2.05) is 0 Å². The van der Waals surface area contributed by atoms with Gasteiger partial charge in [0, 0.05) is 20.1 Å². The Labute approximate surface area is 120 Å². The highest BCUT2D eigenvalue weighted by atomic mass is 35.5. The number of methoxy groups -OCH3 is 1. The van der Waals surface area contributed by atoms with Gasteiger partial charge in [0.1, 0.15) is 12.4 Å². The van der Waals surface area contributed by atoms with E-state index in [4.69, 9.17) is 4.74 Å². The van der Waals surface area contributed by atoms with Gasteiger partial charge in [0.25, 0.3) is 0 Å². The van der Waals surface area contributed by atoms with Crippen LogP contribution in [-0.4, -0.2) is 35.0 Å². The Bertz CT molecular complexity index is 415. The largest absolute Gasteiger partial charge is 0.377 e. The number of nitrogens with zero attached hydrogens (tertiary/aromatic N) is 3. The van der Waals surface area contributed by atoms with Crippen molar-refractivity contribution in [1.29, 1.82) is 0 Å². The minimum Gasteiger partial charge on any atom is -0.377 e. The van der Waals surface area contributed by atoms with Gasteiger partial charge in [0.2, 0.25) is 0 Å². The number of ether oxygens (including phenoxy) is 1. The molecule has 1 N–H and O–H groups in total. The lowest BCUT2D eigenvalue weighted by Crippen LogP contribution is -2.37. The van der Waals surface area contributed by atoms with Crippen molar-refractivity contribution in [3.8, 4) is 0 Å². The van der Waals surface area contributed by atoms with Gasteiger partial charge in [-0.1, -0.05) is 0 Å². The van der Waals surface area contributed by atoms with Crippen LogP contribution < -0.4 is 5.32 Å². The first-order valence-electron chi connectivity index (χ1n) is 6.94. The van der Waals surface area contributed by atoms with Gasteiger partial charge in [0.15, 0.2) is 5.82 Å². The van der Waals surface area contributed by atoms with Crippen molar-refractivity contribution in [3.63, 3.8) is 0 Å². The summed E-state index contributed by atoms with van der Waals surface area (Å²) in [6, 6.07) is 0. The molecule has 6 heteroatoms. The molecule has 0 amide bonds. The van der Waals surface area contributed by atoms with Crippen LogP contribution in [0.15, 0.2) is 0 Å². The van der Waals surface area contributed by atoms with Crippen LogP contribution in [0.2, 0.25) is 0 Å². The molecule has 1 spiro atoms. The summed E-state index contributed by atoms with van der Waals surface area (Å²) < 4.78 is 7.47. The van der Waals surface area contributed by atoms with E-state index in [0.29, 0.717) is 12.0 Å². The number of hydrogen-bond acceptors (Lipinski definition) is 4. The van der Waals surface area contributed by atoms with E-state index in [9.17, 15) is 0 Å². The topological polar surface area (TPSA) is 52.0 Å². The van der Waals surface area contributed by atoms with Gasteiger partial charge in [-0.2, -0.15) is 0 Å². The molecular formula is C13H23ClN4O. The van der Waals surface area contributed by atoms with Crippen molar-refractivity contribution >= 4 is 12.4 Å². The minimum atomic E-state index is 0. The number of aryl methyl sites for hydroxylation is 1. The molecule has 0 aliphatic carbocycles. The first kappa shape index (κ1) is 14.8. The number of aromatic nitrogens is 3. The second kappa shape index (κ2) is 6.20. The number of piperidine rings is 1. The summed E-state index contributed by atoms with van der Waals surface area (Å²) in [6.07, 6.45) is 6.21. The lowest BCUT2D eigenvalue weighted by molar-refractivity contribution is 0.160. The number of hydrogen-bond donors (Lipinski definition) is 1. The van der Waals surface area contributed by atoms with Crippen molar-refractivity contribution < 1.29 is 4.74 Å². The molecule has 3 rings (SSSR count). The maximum atomic E-state index is 5.20. The van der Waals surface area contributed by atoms with Crippen LogP contribution in [0.4, 0.5) is 0 Å². The van der Waals surface area contributed by atoms with Crippen molar-refractivity contribution in [2.24, 2.45) is 5.41 Å². The molecule has 0 unspecified atom stereocenters. The van der Waals surface area contributed by atoms with Crippen LogP contribution in [0.3, 0.4) is 0 Å². The van der Waals surface area contributed by atoms with E-state index in [1.54, 1.807) is 7.11 Å². The number of halogens is 1. The molecule has 1 saturated heterocycles. The van der Waals surface area contributed by atoms with Crippen molar-refractivity contribution in [3.05, 3.63) is 11.6 Å². The molecule has 0 atom stereocenters. The fraction of sp³-hybridized carbons (Fsp3) is 0.846. The Morgan fingerprint density at radius 1 is 1.21 bits per heavy atom. The van der Waals surface area contributed by atoms with Gasteiger partial charge in [-0.15, -0.1) is 22.6 Å². The molecule has 3 heterocycles. The molecule has 1 fully saturated rings. The zero-order valence-electron chi connectivity index (χ0n) is 11.5. The Morgan fingerprint density at radius 2 is 2.00 bits per heavy atom. The average Bonchev–Trinajstić information content (AvgIpc) is 2.70. The molecular weight excluding hydrogens is 264 g/mol. The van der Waals surface area contributed by atoms with Crippen LogP contribution >= 0.6 is 12.4 Å². The highest BCUT2D eigenvalue weighted by Crippen LogP contribution is 2.39. The minimum absolute atomic E-state index is 0. The predicted molar refractivity (Wildman–Crippen MR) is 75.5 cm³/mol. The molecule has 0 saturated carbocycles. The zero-order chi connectivity index (χ0) is 12.4. The monoisotopic (exact) mass is 286 g/mol. The maximum absolute atomic E-state index is 5.20. The van der Waals surface area contributed by atoms with E-state index in [0.717, 1.165) is 24.6 Å². The van der Waals surface area contributed by atoms with Gasteiger partial charge in [-0.25, -0.2) is 0 Å². The Balaban J connectivity index is 0.00000133. The SMILES string of the molecule is COCc1nnc2n1CCC1(CCNCC1)CC2.Cl. The van der Waals surface area contributed by atoms with E-state index >= 15 is 0 Å². The van der Waals surface area contributed by atoms with Crippen LogP contribution in [-0.2, 0) is 24.3 Å². The smallest absolute Gasteiger partial charge is 0.159 e. The second-order valence-electron chi connectivity index (χ2n) is 5.62. The highest BCUT2D eigenvalue weighted by molar-refractivity contribution is 5.85. The maximum Gasteiger partial charge on any atom is 0.159 e. The normalized spacial score (nSPS) is 21.5. The fourth-order valence-electron chi connectivity index (χ4n) is 3.36. The summed E-state index contributed by atoms with van der Waals surface area (Å²) in [5.74, 6) is 2.14. The first-order valence-corrected chi connectivity index (χ1v) is 6.94. The summed E-state index contributed by atoms with van der Waals surface area (Å²) in [5.41, 5.74) is 0.538. The van der Waals surface area contributed by atoms with Crippen LogP contribution in [0, 0.1) is 5.41 Å². The molecule has 0 radical (unpaired) electrons. The van der Waals surface area contributed by atoms with E-state index in [1.165, 1.54) is 38.8 Å². The standard InChI is InChI=1S/C13H22N4O.ClH/c1-18-10-12-16-15-11-2-3-13(6-9-17(11)12)4-7-14-8-5-13;/h14H,2-10H2,1H3;1H. The van der Waals surface area contributed by atoms with E-state index in [2.05, 4.69) is 20.1 Å². The lowest BCUT2D eigenvalue weighted by Gasteiger charge is -2.36. The van der Waals surface area contributed by atoms with Gasteiger partial charge < -0.3 is 14.6 Å². The van der Waals surface area contributed by atoms with Crippen LogP contribution in [0.25, 0.3) is 0 Å². The Hall–Kier alpha value is -0.650. The molecule has 108 valence electrons. The van der Waals surface area contributed by atoms with Crippen molar-refractivity contribution in [1.82, 2.24) is 20.1 Å². The molecule has 1 aromatic rings. The fourth-order valence-corrected chi connectivity index (χ4v) is 3.36. The molecule has 2 aliphatic heterocycles. The number of nitrogens with one attached hydrogen (secondary N) is 1. The lowest BCUT2D eigenvalue weighted by atomic mass is 9.73. The molecule has 1 aromatic heterocycles. The molecule has 0 aromatic carbocycles. The molecule has 0 bridgehead atoms. The van der Waals surface area contributed by atoms with Gasteiger partial charge in [-0.05, 0) is 44.2 Å². The first-order chi connectivity index (χ1) is 8.83. The quantitative estimate of drug-likeness (QED) is 0.896. The summed E-state index contributed by atoms with van der Waals surface area (Å²) in [4.78, 5) is 0. The highest BCUT2D eigenvalue weighted by Gasteiger charge is 2.34. The zero-order valence-corrected chi connectivity index (χ0v) is 12.3. The summed E-state index contributed by atoms with van der Waals surface area (Å²) in [7, 11) is 1.71. The third-order valence-corrected chi connectivity index (χ3v) is 4.59. The third-order valence-electron chi connectivity index (χ3n) is 4.59. The van der Waals surface area contributed by atoms with E-state index < -0.39 is 0 Å². The summed E-state index contributed by atoms with van der Waals surface area (Å²) in [6.45, 7) is 3.97. The predicted octanol–water partition coefficient (Wildman–Crippen LogP) is 1.55. The summed E-state index contributed by atoms with van der Waals surface area (Å²) >= 11 is 0. The van der Waals surface area contributed by atoms with Crippen molar-refractivity contribution in [2.45, 2.75) is 45.3 Å². The van der Waals surface area contributed by atoms with Crippen LogP contribution in [0.5, 0.6) is 0 Å².